The van der Waals surface area contributed by atoms with Gasteiger partial charge in [-0.2, -0.15) is 22.0 Å². The molecule has 0 N–H and O–H groups in total. The van der Waals surface area contributed by atoms with Gasteiger partial charge in [0.05, 0.1) is 18.6 Å². The lowest BCUT2D eigenvalue weighted by Crippen LogP contribution is -2.15. The van der Waals surface area contributed by atoms with Gasteiger partial charge in [-0.3, -0.25) is 9.79 Å². The molecule has 32 heavy (non-hydrogen) atoms. The Morgan fingerprint density at radius 2 is 1.72 bits per heavy atom. The number of esters is 1. The van der Waals surface area contributed by atoms with Gasteiger partial charge in [-0.25, -0.2) is 19.7 Å². The largest absolute Gasteiger partial charge is 0.491 e. The summed E-state index contributed by atoms with van der Waals surface area (Å²) in [6.45, 7) is 2.84. The quantitative estimate of drug-likeness (QED) is 0.252. The molecule has 0 aromatic heterocycles. The molecule has 3 unspecified atom stereocenters. The third kappa shape index (κ3) is 4.55. The van der Waals surface area contributed by atoms with E-state index in [1.54, 1.807) is 13.8 Å². The SMILES string of the molecule is COc1c(F)c(F)c(COC(=O)C2C([SH]3CCN=C3CCC(F)(F)F)C2(C)C)c(F)c1F. The number of benzene rings is 1. The molecule has 180 valence electrons. The molecule has 1 aliphatic heterocycles. The van der Waals surface area contributed by atoms with E-state index in [0.29, 0.717) is 17.3 Å². The minimum Gasteiger partial charge on any atom is -0.491 e. The van der Waals surface area contributed by atoms with Crippen molar-refractivity contribution in [2.75, 3.05) is 19.4 Å². The van der Waals surface area contributed by atoms with Crippen molar-refractivity contribution in [3.05, 3.63) is 28.8 Å². The smallest absolute Gasteiger partial charge is 0.389 e. The first-order chi connectivity index (χ1) is 14.8. The number of rotatable bonds is 7. The lowest BCUT2D eigenvalue weighted by Gasteiger charge is -2.20. The Kier molecular flexibility index (Phi) is 6.74. The summed E-state index contributed by atoms with van der Waals surface area (Å²) in [6, 6.07) is 0. The number of methoxy groups -OCH3 is 1. The number of ether oxygens (including phenoxy) is 2. The summed E-state index contributed by atoms with van der Waals surface area (Å²) in [5, 5.41) is 0.167. The van der Waals surface area contributed by atoms with Gasteiger partial charge in [-0.15, -0.1) is 0 Å². The van der Waals surface area contributed by atoms with Crippen molar-refractivity contribution in [2.45, 2.75) is 44.7 Å². The van der Waals surface area contributed by atoms with Crippen LogP contribution in [-0.4, -0.2) is 41.8 Å². The van der Waals surface area contributed by atoms with Gasteiger partial charge < -0.3 is 9.47 Å². The second-order valence-electron chi connectivity index (χ2n) is 8.23. The van der Waals surface area contributed by atoms with Crippen LogP contribution in [0.2, 0.25) is 0 Å². The van der Waals surface area contributed by atoms with Crippen LogP contribution in [0.1, 0.15) is 32.3 Å². The van der Waals surface area contributed by atoms with Crippen LogP contribution in [0.15, 0.2) is 4.99 Å². The normalized spacial score (nSPS) is 25.4. The standard InChI is InChI=1S/C20H22F7NO3S/c1-19(2)11(17(19)32-7-6-28-10(32)4-5-20(25,26)27)18(29)31-8-9-12(21)14(23)16(30-3)15(24)13(9)22/h11,17,32H,4-8H2,1-3H3. The molecular formula is C20H22F7NO3S. The molecule has 2 aliphatic rings. The monoisotopic (exact) mass is 489 g/mol. The highest BCUT2D eigenvalue weighted by Crippen LogP contribution is 2.66. The van der Waals surface area contributed by atoms with Gasteiger partial charge >= 0.3 is 12.1 Å². The van der Waals surface area contributed by atoms with Crippen LogP contribution in [0.5, 0.6) is 5.75 Å². The van der Waals surface area contributed by atoms with Crippen LogP contribution in [0, 0.1) is 34.6 Å². The fourth-order valence-corrected chi connectivity index (χ4v) is 7.70. The summed E-state index contributed by atoms with van der Waals surface area (Å²) >= 11 is 0. The van der Waals surface area contributed by atoms with E-state index in [2.05, 4.69) is 9.73 Å². The molecule has 0 radical (unpaired) electrons. The summed E-state index contributed by atoms with van der Waals surface area (Å²) in [5.41, 5.74) is -1.71. The van der Waals surface area contributed by atoms with Gasteiger partial charge in [-0.1, -0.05) is 13.8 Å². The number of aliphatic imine (C=N–C) groups is 1. The highest BCUT2D eigenvalue weighted by atomic mass is 32.2. The predicted molar refractivity (Wildman–Crippen MR) is 105 cm³/mol. The van der Waals surface area contributed by atoms with Crippen LogP contribution in [0.3, 0.4) is 0 Å². The number of hydrogen-bond acceptors (Lipinski definition) is 4. The van der Waals surface area contributed by atoms with E-state index in [-0.39, 0.29) is 11.7 Å². The van der Waals surface area contributed by atoms with Crippen molar-refractivity contribution in [1.82, 2.24) is 0 Å². The fraction of sp³-hybridized carbons (Fsp3) is 0.600. The molecule has 0 amide bonds. The van der Waals surface area contributed by atoms with E-state index in [9.17, 15) is 35.5 Å². The molecule has 4 nitrogen and oxygen atoms in total. The van der Waals surface area contributed by atoms with Crippen molar-refractivity contribution in [3.63, 3.8) is 0 Å². The average molecular weight is 489 g/mol. The Morgan fingerprint density at radius 1 is 1.12 bits per heavy atom. The number of hydrogen-bond donors (Lipinski definition) is 1. The third-order valence-corrected chi connectivity index (χ3v) is 9.18. The van der Waals surface area contributed by atoms with E-state index >= 15 is 0 Å². The first-order valence-electron chi connectivity index (χ1n) is 9.73. The molecule has 0 saturated heterocycles. The van der Waals surface area contributed by atoms with Crippen LogP contribution in [-0.2, 0) is 16.1 Å². The number of thiol groups is 1. The zero-order valence-electron chi connectivity index (χ0n) is 17.5. The molecule has 3 rings (SSSR count). The van der Waals surface area contributed by atoms with Crippen molar-refractivity contribution in [3.8, 4) is 5.75 Å². The first kappa shape index (κ1) is 24.7. The zero-order valence-corrected chi connectivity index (χ0v) is 18.3. The lowest BCUT2D eigenvalue weighted by atomic mass is 10.1. The van der Waals surface area contributed by atoms with Crippen molar-refractivity contribution in [2.24, 2.45) is 16.3 Å². The van der Waals surface area contributed by atoms with Crippen molar-refractivity contribution >= 4 is 21.9 Å². The van der Waals surface area contributed by atoms with Gasteiger partial charge in [0.1, 0.15) is 6.61 Å². The summed E-state index contributed by atoms with van der Waals surface area (Å²) in [6.07, 6.45) is -5.55. The first-order valence-corrected chi connectivity index (χ1v) is 11.3. The molecule has 3 atom stereocenters. The minimum atomic E-state index is -4.32. The maximum atomic E-state index is 14.1. The van der Waals surface area contributed by atoms with Gasteiger partial charge in [0.2, 0.25) is 11.6 Å². The Hall–Kier alpha value is -1.98. The molecule has 1 aromatic carbocycles. The van der Waals surface area contributed by atoms with E-state index in [0.717, 1.165) is 7.11 Å². The van der Waals surface area contributed by atoms with E-state index in [4.69, 9.17) is 4.74 Å². The van der Waals surface area contributed by atoms with Crippen LogP contribution < -0.4 is 4.74 Å². The van der Waals surface area contributed by atoms with E-state index in [1.807, 2.05) is 0 Å². The zero-order chi connectivity index (χ0) is 24.0. The molecular weight excluding hydrogens is 467 g/mol. The Balaban J connectivity index is 1.70. The summed E-state index contributed by atoms with van der Waals surface area (Å²) in [7, 11) is -0.259. The van der Waals surface area contributed by atoms with E-state index in [1.165, 1.54) is 0 Å². The average Bonchev–Trinajstić information content (AvgIpc) is 3.04. The summed E-state index contributed by atoms with van der Waals surface area (Å²) in [4.78, 5) is 16.8. The van der Waals surface area contributed by atoms with Gasteiger partial charge in [-0.05, 0) is 11.2 Å². The molecule has 12 heteroatoms. The number of carbonyl (C=O) groups excluding carboxylic acids is 1. The topological polar surface area (TPSA) is 47.9 Å². The summed E-state index contributed by atoms with van der Waals surface area (Å²) in [5.74, 6) is -9.19. The van der Waals surface area contributed by atoms with Crippen LogP contribution in [0.4, 0.5) is 30.7 Å². The maximum absolute atomic E-state index is 14.1. The maximum Gasteiger partial charge on any atom is 0.389 e. The fourth-order valence-electron chi connectivity index (χ4n) is 4.10. The lowest BCUT2D eigenvalue weighted by molar-refractivity contribution is -0.147. The number of halogens is 7. The van der Waals surface area contributed by atoms with Crippen LogP contribution >= 0.6 is 10.9 Å². The molecule has 0 bridgehead atoms. The highest BCUT2D eigenvalue weighted by molar-refractivity contribution is 8.31. The minimum absolute atomic E-state index is 0.232. The summed E-state index contributed by atoms with van der Waals surface area (Å²) < 4.78 is 103. The van der Waals surface area contributed by atoms with Crippen molar-refractivity contribution in [1.29, 1.82) is 0 Å². The highest BCUT2D eigenvalue weighted by Gasteiger charge is 2.65. The molecule has 1 aliphatic carbocycles. The number of carbonyl (C=O) groups is 1. The molecule has 1 saturated carbocycles. The van der Waals surface area contributed by atoms with Crippen LogP contribution in [0.25, 0.3) is 0 Å². The van der Waals surface area contributed by atoms with Gasteiger partial charge in [0, 0.05) is 29.7 Å². The van der Waals surface area contributed by atoms with Gasteiger partial charge in [0.25, 0.3) is 0 Å². The number of nitrogens with zero attached hydrogens (tertiary/aromatic N) is 1. The second kappa shape index (κ2) is 8.75. The Morgan fingerprint density at radius 3 is 2.25 bits per heavy atom. The van der Waals surface area contributed by atoms with Gasteiger partial charge in [0.15, 0.2) is 17.4 Å². The number of alkyl halides is 3. The third-order valence-electron chi connectivity index (χ3n) is 5.84. The molecule has 1 fully saturated rings. The Bertz CT molecular complexity index is 919. The Labute approximate surface area is 182 Å². The molecule has 1 heterocycles. The van der Waals surface area contributed by atoms with Crippen molar-refractivity contribution < 1.29 is 45.0 Å². The molecule has 1 aromatic rings. The van der Waals surface area contributed by atoms with E-state index < -0.39 is 82.0 Å². The molecule has 0 spiro atoms. The second-order valence-corrected chi connectivity index (χ2v) is 10.7. The predicted octanol–water partition coefficient (Wildman–Crippen LogP) is 5.08.